The summed E-state index contributed by atoms with van der Waals surface area (Å²) in [4.78, 5) is 32.7. The molecule has 0 radical (unpaired) electrons. The van der Waals surface area contributed by atoms with Crippen LogP contribution in [0.1, 0.15) is 36.8 Å². The predicted octanol–water partition coefficient (Wildman–Crippen LogP) is 2.81. The first-order valence-electron chi connectivity index (χ1n) is 9.44. The van der Waals surface area contributed by atoms with Crippen LogP contribution in [0, 0.1) is 5.41 Å². The van der Waals surface area contributed by atoms with Crippen LogP contribution in [0.3, 0.4) is 0 Å². The van der Waals surface area contributed by atoms with Gasteiger partial charge >= 0.3 is 5.97 Å². The van der Waals surface area contributed by atoms with E-state index in [1.165, 1.54) is 18.5 Å². The fraction of sp³-hybridized carbons (Fsp3) is 0.273. The zero-order valence-electron chi connectivity index (χ0n) is 17.3. The van der Waals surface area contributed by atoms with Crippen molar-refractivity contribution in [1.82, 2.24) is 10.3 Å². The summed E-state index contributed by atoms with van der Waals surface area (Å²) in [7, 11) is 0. The minimum absolute atomic E-state index is 0.0330. The number of nitrogens with two attached hydrogens (primary N) is 1. The Morgan fingerprint density at radius 3 is 2.60 bits per heavy atom. The second kappa shape index (κ2) is 10.2. The quantitative estimate of drug-likeness (QED) is 0.454. The minimum Gasteiger partial charge on any atom is -0.505 e. The molecule has 0 aliphatic heterocycles. The fourth-order valence-electron chi connectivity index (χ4n) is 2.44. The van der Waals surface area contributed by atoms with E-state index in [9.17, 15) is 14.7 Å². The lowest BCUT2D eigenvalue weighted by Crippen LogP contribution is -2.40. The molecular weight excluding hydrogens is 384 g/mol. The Kier molecular flexibility index (Phi) is 7.69. The lowest BCUT2D eigenvalue weighted by molar-refractivity contribution is -0.153. The van der Waals surface area contributed by atoms with E-state index in [4.69, 9.17) is 10.5 Å². The van der Waals surface area contributed by atoms with Crippen LogP contribution in [-0.4, -0.2) is 41.3 Å². The van der Waals surface area contributed by atoms with Crippen molar-refractivity contribution in [2.75, 3.05) is 13.2 Å². The van der Waals surface area contributed by atoms with Crippen molar-refractivity contribution in [2.24, 2.45) is 16.1 Å². The van der Waals surface area contributed by atoms with E-state index in [1.807, 2.05) is 30.3 Å². The third-order valence-corrected chi connectivity index (χ3v) is 4.22. The number of aromatic hydroxyl groups is 1. The lowest BCUT2D eigenvalue weighted by atomic mass is 9.93. The summed E-state index contributed by atoms with van der Waals surface area (Å²) in [6.07, 6.45) is 4.30. The molecule has 0 aliphatic carbocycles. The average molecular weight is 410 g/mol. The highest BCUT2D eigenvalue weighted by Gasteiger charge is 2.30. The average Bonchev–Trinajstić information content (AvgIpc) is 2.73. The van der Waals surface area contributed by atoms with Crippen LogP contribution in [0.5, 0.6) is 5.75 Å². The first-order valence-corrected chi connectivity index (χ1v) is 9.44. The summed E-state index contributed by atoms with van der Waals surface area (Å²) in [5.41, 5.74) is 6.38. The van der Waals surface area contributed by atoms with Gasteiger partial charge in [0.25, 0.3) is 5.91 Å². The van der Waals surface area contributed by atoms with Gasteiger partial charge in [0.2, 0.25) is 0 Å². The van der Waals surface area contributed by atoms with E-state index < -0.39 is 17.3 Å². The molecule has 0 unspecified atom stereocenters. The van der Waals surface area contributed by atoms with E-state index >= 15 is 0 Å². The SMILES string of the molecule is CCOC(=O)C(C)(C)CNC(=O)c1ncc(C(C=Nc2ccccc2)=CN)cc1O. The maximum absolute atomic E-state index is 12.4. The number of allylic oxidation sites excluding steroid dienone is 1. The molecule has 158 valence electrons. The predicted molar refractivity (Wildman–Crippen MR) is 115 cm³/mol. The Morgan fingerprint density at radius 2 is 2.00 bits per heavy atom. The number of aromatic nitrogens is 1. The summed E-state index contributed by atoms with van der Waals surface area (Å²) in [6.45, 7) is 5.32. The van der Waals surface area contributed by atoms with Gasteiger partial charge < -0.3 is 20.9 Å². The van der Waals surface area contributed by atoms with Crippen molar-refractivity contribution in [3.8, 4) is 5.75 Å². The van der Waals surface area contributed by atoms with Gasteiger partial charge in [0.15, 0.2) is 5.69 Å². The number of hydrogen-bond acceptors (Lipinski definition) is 7. The minimum atomic E-state index is -0.912. The smallest absolute Gasteiger partial charge is 0.313 e. The highest BCUT2D eigenvalue weighted by atomic mass is 16.5. The monoisotopic (exact) mass is 410 g/mol. The zero-order chi connectivity index (χ0) is 22.1. The Morgan fingerprint density at radius 1 is 1.30 bits per heavy atom. The molecule has 2 rings (SSSR count). The highest BCUT2D eigenvalue weighted by molar-refractivity contribution is 6.10. The third-order valence-electron chi connectivity index (χ3n) is 4.22. The zero-order valence-corrected chi connectivity index (χ0v) is 17.3. The van der Waals surface area contributed by atoms with Gasteiger partial charge in [-0.05, 0) is 39.0 Å². The molecule has 1 aromatic heterocycles. The Bertz CT molecular complexity index is 953. The number of hydrogen-bond donors (Lipinski definition) is 3. The molecule has 30 heavy (non-hydrogen) atoms. The first kappa shape index (κ1) is 22.6. The molecule has 8 heteroatoms. The maximum Gasteiger partial charge on any atom is 0.313 e. The molecule has 1 aromatic carbocycles. The maximum atomic E-state index is 12.4. The molecule has 0 atom stereocenters. The van der Waals surface area contributed by atoms with Crippen molar-refractivity contribution in [2.45, 2.75) is 20.8 Å². The molecule has 1 heterocycles. The molecule has 0 saturated heterocycles. The van der Waals surface area contributed by atoms with Crippen molar-refractivity contribution in [3.05, 3.63) is 60.1 Å². The number of benzene rings is 1. The van der Waals surface area contributed by atoms with Gasteiger partial charge in [-0.1, -0.05) is 18.2 Å². The molecule has 2 aromatic rings. The number of para-hydroxylation sites is 1. The summed E-state index contributed by atoms with van der Waals surface area (Å²) in [6, 6.07) is 10.7. The van der Waals surface area contributed by atoms with E-state index in [1.54, 1.807) is 27.0 Å². The van der Waals surface area contributed by atoms with Gasteiger partial charge in [-0.15, -0.1) is 0 Å². The van der Waals surface area contributed by atoms with Crippen LogP contribution < -0.4 is 11.1 Å². The van der Waals surface area contributed by atoms with Crippen LogP contribution in [0.2, 0.25) is 0 Å². The number of nitrogens with zero attached hydrogens (tertiary/aromatic N) is 2. The van der Waals surface area contributed by atoms with Gasteiger partial charge in [0, 0.05) is 36.3 Å². The van der Waals surface area contributed by atoms with Crippen LogP contribution >= 0.6 is 0 Å². The second-order valence-electron chi connectivity index (χ2n) is 7.09. The molecule has 0 fully saturated rings. The molecule has 0 spiro atoms. The summed E-state index contributed by atoms with van der Waals surface area (Å²) in [5.74, 6) is -1.34. The number of amides is 1. The number of aliphatic imine (C=N–C) groups is 1. The van der Waals surface area contributed by atoms with Crippen LogP contribution in [0.4, 0.5) is 5.69 Å². The normalized spacial score (nSPS) is 12.0. The van der Waals surface area contributed by atoms with E-state index in [0.29, 0.717) is 11.1 Å². The summed E-state index contributed by atoms with van der Waals surface area (Å²) >= 11 is 0. The Balaban J connectivity index is 2.11. The molecule has 4 N–H and O–H groups in total. The van der Waals surface area contributed by atoms with Gasteiger partial charge in [0.05, 0.1) is 17.7 Å². The number of nitrogens with one attached hydrogen (secondary N) is 1. The number of rotatable bonds is 8. The molecule has 0 saturated carbocycles. The van der Waals surface area contributed by atoms with Crippen molar-refractivity contribution >= 4 is 29.4 Å². The molecule has 8 nitrogen and oxygen atoms in total. The number of carbonyl (C=O) groups excluding carboxylic acids is 2. The van der Waals surface area contributed by atoms with E-state index in [0.717, 1.165) is 5.69 Å². The lowest BCUT2D eigenvalue weighted by Gasteiger charge is -2.22. The number of esters is 1. The molecule has 0 aliphatic rings. The summed E-state index contributed by atoms with van der Waals surface area (Å²) in [5, 5.41) is 12.9. The molecular formula is C22H26N4O4. The van der Waals surface area contributed by atoms with Gasteiger partial charge in [-0.2, -0.15) is 0 Å². The largest absolute Gasteiger partial charge is 0.505 e. The van der Waals surface area contributed by atoms with Gasteiger partial charge in [0.1, 0.15) is 5.75 Å². The highest BCUT2D eigenvalue weighted by Crippen LogP contribution is 2.22. The molecule has 0 bridgehead atoms. The third kappa shape index (κ3) is 5.91. The van der Waals surface area contributed by atoms with Crippen molar-refractivity contribution < 1.29 is 19.4 Å². The van der Waals surface area contributed by atoms with Crippen LogP contribution in [0.25, 0.3) is 5.57 Å². The van der Waals surface area contributed by atoms with Crippen molar-refractivity contribution in [3.63, 3.8) is 0 Å². The summed E-state index contributed by atoms with van der Waals surface area (Å²) < 4.78 is 4.99. The van der Waals surface area contributed by atoms with E-state index in [2.05, 4.69) is 15.3 Å². The Hall–Kier alpha value is -3.68. The van der Waals surface area contributed by atoms with Gasteiger partial charge in [-0.3, -0.25) is 14.6 Å². The second-order valence-corrected chi connectivity index (χ2v) is 7.09. The fourth-order valence-corrected chi connectivity index (χ4v) is 2.44. The topological polar surface area (TPSA) is 127 Å². The number of ether oxygens (including phenoxy) is 1. The Labute approximate surface area is 175 Å². The number of pyridine rings is 1. The number of carbonyl (C=O) groups is 2. The van der Waals surface area contributed by atoms with Crippen LogP contribution in [-0.2, 0) is 9.53 Å². The van der Waals surface area contributed by atoms with Crippen LogP contribution in [0.15, 0.2) is 53.8 Å². The van der Waals surface area contributed by atoms with Gasteiger partial charge in [-0.25, -0.2) is 4.98 Å². The first-order chi connectivity index (χ1) is 14.3. The standard InChI is InChI=1S/C22H26N4O4/c1-4-30-21(29)22(2,3)14-26-20(28)19-18(27)10-15(12-25-19)16(11-23)13-24-17-8-6-5-7-9-17/h5-13,27H,4,14,23H2,1-3H3,(H,26,28). The van der Waals surface area contributed by atoms with E-state index in [-0.39, 0.29) is 24.6 Å². The molecule has 1 amide bonds. The van der Waals surface area contributed by atoms with Crippen molar-refractivity contribution in [1.29, 1.82) is 0 Å².